The highest BCUT2D eigenvalue weighted by molar-refractivity contribution is 5.96. The second-order valence-corrected chi connectivity index (χ2v) is 14.9. The molecule has 314 valence electrons. The Morgan fingerprint density at radius 3 is 1.66 bits per heavy atom. The number of aryl methyl sites for hydroxylation is 1. The van der Waals surface area contributed by atoms with Crippen LogP contribution in [0, 0.1) is 0 Å². The Morgan fingerprint density at radius 2 is 1.08 bits per heavy atom. The van der Waals surface area contributed by atoms with Crippen LogP contribution in [0.15, 0.2) is 133 Å². The van der Waals surface area contributed by atoms with E-state index < -0.39 is 59.7 Å². The third-order valence-corrected chi connectivity index (χ3v) is 10.5. The van der Waals surface area contributed by atoms with Gasteiger partial charge in [-0.3, -0.25) is 24.0 Å². The average Bonchev–Trinajstić information content (AvgIpc) is 3.27. The highest BCUT2D eigenvalue weighted by Crippen LogP contribution is 2.23. The Morgan fingerprint density at radius 1 is 0.574 bits per heavy atom. The summed E-state index contributed by atoms with van der Waals surface area (Å²) in [5, 5.41) is 24.0. The number of amides is 5. The van der Waals surface area contributed by atoms with Crippen LogP contribution in [0.25, 0.3) is 11.1 Å². The van der Waals surface area contributed by atoms with E-state index in [4.69, 9.17) is 4.74 Å². The highest BCUT2D eigenvalue weighted by Gasteiger charge is 2.32. The van der Waals surface area contributed by atoms with Gasteiger partial charge in [-0.05, 0) is 70.5 Å². The first-order valence-corrected chi connectivity index (χ1v) is 20.2. The van der Waals surface area contributed by atoms with E-state index in [0.29, 0.717) is 28.8 Å². The molecule has 0 radical (unpaired) electrons. The standard InChI is InChI=1S/C48H49N5O8/c1-61-38-23-19-36(20-24-38)35-17-12-33(13-18-35)29-41-46(57)52-40(28-32-10-6-3-7-11-32)47(58)53-42(48(59)60)30-34-14-21-37(22-15-34)49-43(54)26-27-44(55)50-39(45(56)51-41)25-16-31-8-4-2-5-9-31/h2-15,17-24,39-42H,16,25-30H2,1H3,(H,49,54)(H,50,55)(H,51,56)(H,52,57)(H,53,58)(H,59,60). The maximum atomic E-state index is 14.5. The number of carboxylic acids is 1. The van der Waals surface area contributed by atoms with E-state index in [-0.39, 0.29) is 38.5 Å². The van der Waals surface area contributed by atoms with Gasteiger partial charge in [-0.25, -0.2) is 4.79 Å². The van der Waals surface area contributed by atoms with Crippen molar-refractivity contribution in [3.8, 4) is 16.9 Å². The normalized spacial score (nSPS) is 19.3. The third-order valence-electron chi connectivity index (χ3n) is 10.5. The average molecular weight is 824 g/mol. The van der Waals surface area contributed by atoms with Crippen molar-refractivity contribution in [1.82, 2.24) is 21.3 Å². The van der Waals surface area contributed by atoms with E-state index in [9.17, 15) is 33.9 Å². The van der Waals surface area contributed by atoms with Crippen molar-refractivity contribution in [2.24, 2.45) is 0 Å². The molecule has 13 nitrogen and oxygen atoms in total. The second-order valence-electron chi connectivity index (χ2n) is 14.9. The summed E-state index contributed by atoms with van der Waals surface area (Å²) in [7, 11) is 1.60. The van der Waals surface area contributed by atoms with Crippen molar-refractivity contribution in [2.45, 2.75) is 69.1 Å². The molecule has 4 unspecified atom stereocenters. The predicted molar refractivity (Wildman–Crippen MR) is 230 cm³/mol. The van der Waals surface area contributed by atoms with Crippen LogP contribution in [-0.4, -0.2) is 71.9 Å². The zero-order valence-electron chi connectivity index (χ0n) is 33.8. The van der Waals surface area contributed by atoms with Crippen molar-refractivity contribution in [3.05, 3.63) is 156 Å². The minimum atomic E-state index is -1.36. The second kappa shape index (κ2) is 21.1. The maximum Gasteiger partial charge on any atom is 0.326 e. The lowest BCUT2D eigenvalue weighted by Gasteiger charge is -2.26. The molecule has 0 aliphatic carbocycles. The zero-order valence-corrected chi connectivity index (χ0v) is 33.8. The lowest BCUT2D eigenvalue weighted by atomic mass is 9.98. The van der Waals surface area contributed by atoms with Crippen molar-refractivity contribution in [2.75, 3.05) is 12.4 Å². The molecule has 4 atom stereocenters. The molecule has 13 heteroatoms. The van der Waals surface area contributed by atoms with Crippen LogP contribution in [0.4, 0.5) is 5.69 Å². The number of carboxylic acid groups (broad SMARTS) is 1. The van der Waals surface area contributed by atoms with Gasteiger partial charge < -0.3 is 36.4 Å². The minimum Gasteiger partial charge on any atom is -0.497 e. The number of hydrogen-bond acceptors (Lipinski definition) is 7. The Kier molecular flexibility index (Phi) is 15.0. The SMILES string of the molecule is COc1ccc(-c2ccc(CC3NC(=O)C(CCc4ccccc4)NC(=O)CCC(=O)Nc4ccc(cc4)CC(C(=O)O)NC(=O)C(Cc4ccccc4)NC3=O)cc2)cc1. The lowest BCUT2D eigenvalue weighted by Crippen LogP contribution is -2.59. The molecule has 5 amide bonds. The van der Waals surface area contributed by atoms with Crippen LogP contribution >= 0.6 is 0 Å². The smallest absolute Gasteiger partial charge is 0.326 e. The van der Waals surface area contributed by atoms with Crippen LogP contribution in [0.5, 0.6) is 5.75 Å². The van der Waals surface area contributed by atoms with Gasteiger partial charge >= 0.3 is 5.97 Å². The van der Waals surface area contributed by atoms with Gasteiger partial charge in [-0.15, -0.1) is 0 Å². The van der Waals surface area contributed by atoms with Gasteiger partial charge in [-0.1, -0.05) is 109 Å². The number of rotatable bonds is 10. The number of carbonyl (C=O) groups excluding carboxylic acids is 5. The van der Waals surface area contributed by atoms with Crippen LogP contribution in [0.2, 0.25) is 0 Å². The van der Waals surface area contributed by atoms with Crippen molar-refractivity contribution in [3.63, 3.8) is 0 Å². The van der Waals surface area contributed by atoms with Gasteiger partial charge in [0.2, 0.25) is 29.5 Å². The summed E-state index contributed by atoms with van der Waals surface area (Å²) in [6.45, 7) is 0. The Bertz CT molecular complexity index is 2290. The molecule has 2 aliphatic heterocycles. The zero-order chi connectivity index (χ0) is 43.1. The molecule has 0 saturated heterocycles. The molecule has 2 heterocycles. The summed E-state index contributed by atoms with van der Waals surface area (Å²) >= 11 is 0. The molecule has 0 saturated carbocycles. The molecule has 5 aromatic carbocycles. The van der Waals surface area contributed by atoms with Crippen LogP contribution in [0.1, 0.15) is 41.5 Å². The number of methoxy groups -OCH3 is 1. The fourth-order valence-electron chi connectivity index (χ4n) is 7.04. The first-order valence-electron chi connectivity index (χ1n) is 20.2. The summed E-state index contributed by atoms with van der Waals surface area (Å²) in [4.78, 5) is 81.5. The first-order chi connectivity index (χ1) is 29.5. The van der Waals surface area contributed by atoms with E-state index in [1.165, 1.54) is 0 Å². The number of ether oxygens (including phenoxy) is 1. The van der Waals surface area contributed by atoms with E-state index in [1.807, 2.05) is 84.9 Å². The number of nitrogens with one attached hydrogen (secondary N) is 5. The summed E-state index contributed by atoms with van der Waals surface area (Å²) in [5.41, 5.74) is 5.18. The molecule has 7 rings (SSSR count). The molecule has 5 aromatic rings. The quantitative estimate of drug-likeness (QED) is 0.109. The van der Waals surface area contributed by atoms with Crippen LogP contribution < -0.4 is 31.3 Å². The largest absolute Gasteiger partial charge is 0.497 e. The Hall–Kier alpha value is -7.28. The molecule has 61 heavy (non-hydrogen) atoms. The Labute approximate surface area is 354 Å². The number of benzene rings is 5. The van der Waals surface area contributed by atoms with Gasteiger partial charge in [0.15, 0.2) is 0 Å². The maximum absolute atomic E-state index is 14.5. The molecule has 2 bridgehead atoms. The molecule has 2 aliphatic rings. The van der Waals surface area contributed by atoms with Crippen molar-refractivity contribution in [1.29, 1.82) is 0 Å². The van der Waals surface area contributed by atoms with Gasteiger partial charge in [-0.2, -0.15) is 0 Å². The van der Waals surface area contributed by atoms with Crippen LogP contribution in [-0.2, 0) is 54.5 Å². The number of aliphatic carboxylic acids is 1. The van der Waals surface area contributed by atoms with E-state index >= 15 is 0 Å². The lowest BCUT2D eigenvalue weighted by molar-refractivity contribution is -0.142. The van der Waals surface area contributed by atoms with E-state index in [0.717, 1.165) is 22.4 Å². The molecule has 0 aromatic heterocycles. The fraction of sp³-hybridized carbons (Fsp3) is 0.250. The molecular weight excluding hydrogens is 775 g/mol. The number of hydrogen-bond donors (Lipinski definition) is 6. The number of anilines is 1. The van der Waals surface area contributed by atoms with E-state index in [2.05, 4.69) is 26.6 Å². The minimum absolute atomic E-state index is 0.00718. The van der Waals surface area contributed by atoms with Gasteiger partial charge in [0.1, 0.15) is 29.9 Å². The monoisotopic (exact) mass is 823 g/mol. The van der Waals surface area contributed by atoms with Gasteiger partial charge in [0.05, 0.1) is 7.11 Å². The summed E-state index contributed by atoms with van der Waals surface area (Å²) in [6.07, 6.45) is 0.160. The van der Waals surface area contributed by atoms with Crippen molar-refractivity contribution < 1.29 is 38.6 Å². The van der Waals surface area contributed by atoms with Gasteiger partial charge in [0.25, 0.3) is 0 Å². The number of fused-ring (bicyclic) bond motifs is 18. The third kappa shape index (κ3) is 12.9. The molecule has 6 N–H and O–H groups in total. The summed E-state index contributed by atoms with van der Waals surface area (Å²) in [6, 6.07) is 35.0. The molecule has 0 spiro atoms. The summed E-state index contributed by atoms with van der Waals surface area (Å²) < 4.78 is 5.29. The van der Waals surface area contributed by atoms with E-state index in [1.54, 1.807) is 55.6 Å². The summed E-state index contributed by atoms with van der Waals surface area (Å²) in [5.74, 6) is -3.59. The first kappa shape index (κ1) is 43.3. The van der Waals surface area contributed by atoms with Crippen molar-refractivity contribution >= 4 is 41.2 Å². The number of carbonyl (C=O) groups is 6. The topological polar surface area (TPSA) is 192 Å². The van der Waals surface area contributed by atoms with Gasteiger partial charge in [0, 0.05) is 37.8 Å². The molecule has 0 fully saturated rings. The van der Waals surface area contributed by atoms with Crippen LogP contribution in [0.3, 0.4) is 0 Å². The Balaban J connectivity index is 1.33. The molecular formula is C48H49N5O8. The highest BCUT2D eigenvalue weighted by atomic mass is 16.5. The fourth-order valence-corrected chi connectivity index (χ4v) is 7.04. The predicted octanol–water partition coefficient (Wildman–Crippen LogP) is 4.78.